The Kier molecular flexibility index (Phi) is 10.8. The number of terminal acetylenes is 1. The van der Waals surface area contributed by atoms with Crippen LogP contribution in [0.5, 0.6) is 11.5 Å². The Bertz CT molecular complexity index is 655. The molecular weight excluding hydrogens is 473 g/mol. The fourth-order valence-corrected chi connectivity index (χ4v) is 4.06. The second-order valence-corrected chi connectivity index (χ2v) is 8.11. The first-order valence-corrected chi connectivity index (χ1v) is 9.98. The van der Waals surface area contributed by atoms with Crippen LogP contribution in [-0.2, 0) is 6.54 Å². The zero-order valence-corrected chi connectivity index (χ0v) is 19.5. The molecule has 2 rings (SSSR count). The fraction of sp³-hybridized carbons (Fsp3) is 0.550. The molecule has 2 N–H and O–H groups in total. The number of thioether (sulfide) groups is 1. The number of hydrogen-bond acceptors (Lipinski definition) is 4. The predicted molar refractivity (Wildman–Crippen MR) is 126 cm³/mol. The molecule has 1 fully saturated rings. The molecule has 1 aliphatic heterocycles. The molecule has 0 aliphatic carbocycles. The first-order valence-electron chi connectivity index (χ1n) is 8.99. The minimum atomic E-state index is 0. The molecule has 5 nitrogen and oxygen atoms in total. The number of ether oxygens (including phenoxy) is 2. The molecule has 1 saturated heterocycles. The van der Waals surface area contributed by atoms with Gasteiger partial charge in [0, 0.05) is 17.8 Å². The van der Waals surface area contributed by atoms with Crippen molar-refractivity contribution in [3.05, 3.63) is 23.8 Å². The van der Waals surface area contributed by atoms with Crippen LogP contribution < -0.4 is 20.1 Å². The summed E-state index contributed by atoms with van der Waals surface area (Å²) in [6.45, 7) is 6.90. The highest BCUT2D eigenvalue weighted by atomic mass is 127. The Morgan fingerprint density at radius 1 is 1.37 bits per heavy atom. The van der Waals surface area contributed by atoms with E-state index in [9.17, 15) is 0 Å². The summed E-state index contributed by atoms with van der Waals surface area (Å²) in [4.78, 5) is 4.70. The summed E-state index contributed by atoms with van der Waals surface area (Å²) >= 11 is 2.04. The summed E-state index contributed by atoms with van der Waals surface area (Å²) in [6, 6.07) is 5.80. The minimum absolute atomic E-state index is 0. The van der Waals surface area contributed by atoms with Crippen LogP contribution >= 0.6 is 35.7 Å². The van der Waals surface area contributed by atoms with E-state index >= 15 is 0 Å². The van der Waals surface area contributed by atoms with Crippen LogP contribution in [0.3, 0.4) is 0 Å². The molecule has 1 aromatic rings. The van der Waals surface area contributed by atoms with Crippen molar-refractivity contribution in [2.45, 2.75) is 38.0 Å². The molecule has 1 heterocycles. The zero-order valence-electron chi connectivity index (χ0n) is 16.3. The molecule has 0 saturated carbocycles. The highest BCUT2D eigenvalue weighted by Gasteiger charge is 2.29. The van der Waals surface area contributed by atoms with Gasteiger partial charge < -0.3 is 20.1 Å². The van der Waals surface area contributed by atoms with Crippen molar-refractivity contribution < 1.29 is 9.47 Å². The molecule has 0 bridgehead atoms. The van der Waals surface area contributed by atoms with E-state index in [4.69, 9.17) is 20.9 Å². The number of halogens is 1. The number of benzene rings is 1. The second-order valence-electron chi connectivity index (χ2n) is 6.43. The third kappa shape index (κ3) is 7.70. The van der Waals surface area contributed by atoms with Gasteiger partial charge in [-0.05, 0) is 50.1 Å². The monoisotopic (exact) mass is 503 g/mol. The van der Waals surface area contributed by atoms with Gasteiger partial charge in [-0.15, -0.1) is 30.4 Å². The lowest BCUT2D eigenvalue weighted by Gasteiger charge is -2.24. The van der Waals surface area contributed by atoms with Gasteiger partial charge in [-0.3, -0.25) is 0 Å². The SMILES string of the molecule is C#CCOc1cc(CN=C(NCC)NCC2(C)CCCS2)ccc1OC.I. The van der Waals surface area contributed by atoms with Gasteiger partial charge >= 0.3 is 0 Å². The average molecular weight is 503 g/mol. The van der Waals surface area contributed by atoms with Crippen molar-refractivity contribution in [2.24, 2.45) is 4.99 Å². The summed E-state index contributed by atoms with van der Waals surface area (Å²) < 4.78 is 11.2. The molecule has 1 aliphatic rings. The van der Waals surface area contributed by atoms with Gasteiger partial charge in [-0.1, -0.05) is 12.0 Å². The number of methoxy groups -OCH3 is 1. The zero-order chi connectivity index (χ0) is 18.8. The van der Waals surface area contributed by atoms with Crippen molar-refractivity contribution >= 4 is 41.7 Å². The minimum Gasteiger partial charge on any atom is -0.493 e. The van der Waals surface area contributed by atoms with Gasteiger partial charge in [0.1, 0.15) is 6.61 Å². The van der Waals surface area contributed by atoms with Crippen LogP contribution in [0.25, 0.3) is 0 Å². The maximum absolute atomic E-state index is 5.56. The predicted octanol–water partition coefficient (Wildman–Crippen LogP) is 3.67. The molecule has 0 radical (unpaired) electrons. The molecule has 1 atom stereocenters. The normalized spacial score (nSPS) is 19.0. The largest absolute Gasteiger partial charge is 0.493 e. The Balaban J connectivity index is 0.00000364. The maximum atomic E-state index is 5.56. The number of nitrogens with zero attached hydrogens (tertiary/aromatic N) is 1. The van der Waals surface area contributed by atoms with Crippen molar-refractivity contribution in [3.63, 3.8) is 0 Å². The Hall–Kier alpha value is -1.27. The van der Waals surface area contributed by atoms with Crippen molar-refractivity contribution in [3.8, 4) is 23.8 Å². The molecule has 7 heteroatoms. The van der Waals surface area contributed by atoms with Crippen molar-refractivity contribution in [1.29, 1.82) is 0 Å². The maximum Gasteiger partial charge on any atom is 0.191 e. The summed E-state index contributed by atoms with van der Waals surface area (Å²) in [5.41, 5.74) is 1.04. The fourth-order valence-electron chi connectivity index (χ4n) is 2.81. The Morgan fingerprint density at radius 2 is 2.19 bits per heavy atom. The molecule has 150 valence electrons. The van der Waals surface area contributed by atoms with E-state index in [2.05, 4.69) is 30.4 Å². The van der Waals surface area contributed by atoms with Gasteiger partial charge in [0.05, 0.1) is 13.7 Å². The number of aliphatic imine (C=N–C) groups is 1. The summed E-state index contributed by atoms with van der Waals surface area (Å²) in [6.07, 6.45) is 7.82. The standard InChI is InChI=1S/C20H29N3O2S.HI/c1-5-11-25-18-13-16(8-9-17(18)24-4)14-22-19(21-6-2)23-15-20(3)10-7-12-26-20;/h1,8-9,13H,6-7,10-12,14-15H2,2-4H3,(H2,21,22,23);1H. The van der Waals surface area contributed by atoms with Crippen molar-refractivity contribution in [2.75, 3.05) is 32.6 Å². The van der Waals surface area contributed by atoms with Crippen molar-refractivity contribution in [1.82, 2.24) is 10.6 Å². The number of guanidine groups is 1. The van der Waals surface area contributed by atoms with Gasteiger partial charge in [-0.25, -0.2) is 4.99 Å². The van der Waals surface area contributed by atoms with Crippen LogP contribution in [0, 0.1) is 12.3 Å². The van der Waals surface area contributed by atoms with Crippen LogP contribution in [0.15, 0.2) is 23.2 Å². The van der Waals surface area contributed by atoms with E-state index in [0.29, 0.717) is 22.8 Å². The van der Waals surface area contributed by atoms with Gasteiger partial charge in [0.25, 0.3) is 0 Å². The van der Waals surface area contributed by atoms with Crippen LogP contribution in [0.2, 0.25) is 0 Å². The van der Waals surface area contributed by atoms with Gasteiger partial charge in [-0.2, -0.15) is 11.8 Å². The van der Waals surface area contributed by atoms with Crippen LogP contribution in [0.1, 0.15) is 32.3 Å². The van der Waals surface area contributed by atoms with E-state index in [1.54, 1.807) is 7.11 Å². The molecule has 0 aromatic heterocycles. The molecule has 1 unspecified atom stereocenters. The summed E-state index contributed by atoms with van der Waals surface area (Å²) in [5, 5.41) is 6.79. The lowest BCUT2D eigenvalue weighted by molar-refractivity contribution is 0.330. The summed E-state index contributed by atoms with van der Waals surface area (Å²) in [5.74, 6) is 5.87. The first kappa shape index (κ1) is 23.8. The molecule has 0 amide bonds. The molecule has 0 spiro atoms. The Labute approximate surface area is 184 Å². The average Bonchev–Trinajstić information content (AvgIpc) is 3.09. The number of nitrogens with one attached hydrogen (secondary N) is 2. The van der Waals surface area contributed by atoms with E-state index in [1.165, 1.54) is 18.6 Å². The summed E-state index contributed by atoms with van der Waals surface area (Å²) in [7, 11) is 1.62. The molecule has 1 aromatic carbocycles. The Morgan fingerprint density at radius 3 is 2.81 bits per heavy atom. The van der Waals surface area contributed by atoms with Gasteiger partial charge in [0.15, 0.2) is 17.5 Å². The first-order chi connectivity index (χ1) is 12.6. The molecular formula is C20H30IN3O2S. The van der Waals surface area contributed by atoms with E-state index in [0.717, 1.165) is 24.6 Å². The molecule has 27 heavy (non-hydrogen) atoms. The number of rotatable bonds is 8. The van der Waals surface area contributed by atoms with Crippen LogP contribution in [-0.4, -0.2) is 43.3 Å². The van der Waals surface area contributed by atoms with Crippen LogP contribution in [0.4, 0.5) is 0 Å². The van der Waals surface area contributed by atoms with E-state index in [1.807, 2.05) is 30.0 Å². The van der Waals surface area contributed by atoms with E-state index in [-0.39, 0.29) is 30.6 Å². The van der Waals surface area contributed by atoms with Gasteiger partial charge in [0.2, 0.25) is 0 Å². The second kappa shape index (κ2) is 12.2. The third-order valence-electron chi connectivity index (χ3n) is 4.23. The third-order valence-corrected chi connectivity index (χ3v) is 5.77. The lowest BCUT2D eigenvalue weighted by Crippen LogP contribution is -2.43. The highest BCUT2D eigenvalue weighted by Crippen LogP contribution is 2.36. The van der Waals surface area contributed by atoms with E-state index < -0.39 is 0 Å². The lowest BCUT2D eigenvalue weighted by atomic mass is 10.1. The topological polar surface area (TPSA) is 54.9 Å². The number of hydrogen-bond donors (Lipinski definition) is 2. The quantitative estimate of drug-likeness (QED) is 0.246. The highest BCUT2D eigenvalue weighted by molar-refractivity contribution is 14.0. The smallest absolute Gasteiger partial charge is 0.191 e.